The number of aryl methyl sites for hydroxylation is 2. The van der Waals surface area contributed by atoms with Crippen molar-refractivity contribution in [3.8, 4) is 0 Å². The Morgan fingerprint density at radius 1 is 1.10 bits per heavy atom. The minimum Gasteiger partial charge on any atom is -0.346 e. The molecule has 0 unspecified atom stereocenters. The van der Waals surface area contributed by atoms with Crippen LogP contribution in [0, 0.1) is 12.8 Å². The molecule has 6 nitrogen and oxygen atoms in total. The summed E-state index contributed by atoms with van der Waals surface area (Å²) in [5, 5.41) is 0. The summed E-state index contributed by atoms with van der Waals surface area (Å²) in [5.41, 5.74) is 4.86. The van der Waals surface area contributed by atoms with Crippen molar-refractivity contribution in [2.24, 2.45) is 5.92 Å². The van der Waals surface area contributed by atoms with Crippen molar-refractivity contribution in [2.75, 3.05) is 26.2 Å². The van der Waals surface area contributed by atoms with E-state index in [1.165, 1.54) is 36.3 Å². The van der Waals surface area contributed by atoms with Gasteiger partial charge in [-0.25, -0.2) is 4.98 Å². The lowest BCUT2D eigenvalue weighted by atomic mass is 9.83. The zero-order chi connectivity index (χ0) is 20.0. The Balaban J connectivity index is 1.34. The molecule has 3 aliphatic heterocycles. The summed E-state index contributed by atoms with van der Waals surface area (Å²) in [6, 6.07) is 4.35. The number of hydrogen-bond donors (Lipinski definition) is 1. The molecule has 5 heterocycles. The smallest absolute Gasteiger partial charge is 0.255 e. The second-order valence-electron chi connectivity index (χ2n) is 9.28. The van der Waals surface area contributed by atoms with Gasteiger partial charge in [-0.1, -0.05) is 13.0 Å². The van der Waals surface area contributed by atoms with E-state index in [4.69, 9.17) is 4.98 Å². The fourth-order valence-electron chi connectivity index (χ4n) is 5.62. The van der Waals surface area contributed by atoms with Gasteiger partial charge in [0.2, 0.25) is 0 Å². The molecule has 0 amide bonds. The van der Waals surface area contributed by atoms with Gasteiger partial charge in [-0.3, -0.25) is 14.6 Å². The third-order valence-electron chi connectivity index (χ3n) is 7.09. The normalized spacial score (nSPS) is 24.8. The fourth-order valence-corrected chi connectivity index (χ4v) is 5.62. The molecule has 1 N–H and O–H groups in total. The van der Waals surface area contributed by atoms with E-state index < -0.39 is 0 Å². The monoisotopic (exact) mass is 395 g/mol. The Morgan fingerprint density at radius 2 is 1.93 bits per heavy atom. The molecule has 0 radical (unpaired) electrons. The fraction of sp³-hybridized carbons (Fsp3) is 0.652. The van der Waals surface area contributed by atoms with Gasteiger partial charge in [-0.05, 0) is 51.3 Å². The number of likely N-dealkylation sites (tertiary alicyclic amines) is 2. The predicted molar refractivity (Wildman–Crippen MR) is 114 cm³/mol. The van der Waals surface area contributed by atoms with Crippen molar-refractivity contribution in [3.05, 3.63) is 51.0 Å². The number of rotatable bonds is 5. The Hall–Kier alpha value is -1.92. The summed E-state index contributed by atoms with van der Waals surface area (Å²) in [6.45, 7) is 11.2. The number of aromatic amines is 1. The molecule has 29 heavy (non-hydrogen) atoms. The molecule has 5 rings (SSSR count). The highest BCUT2D eigenvalue weighted by Crippen LogP contribution is 2.35. The minimum absolute atomic E-state index is 0.258. The maximum Gasteiger partial charge on any atom is 0.255 e. The molecule has 2 saturated heterocycles. The average molecular weight is 396 g/mol. The van der Waals surface area contributed by atoms with Crippen LogP contribution in [-0.4, -0.2) is 50.5 Å². The van der Waals surface area contributed by atoms with Gasteiger partial charge in [0.25, 0.3) is 5.56 Å². The van der Waals surface area contributed by atoms with E-state index in [1.807, 2.05) is 0 Å². The van der Waals surface area contributed by atoms with Gasteiger partial charge in [-0.2, -0.15) is 0 Å². The summed E-state index contributed by atoms with van der Waals surface area (Å²) in [7, 11) is 0. The summed E-state index contributed by atoms with van der Waals surface area (Å²) in [4.78, 5) is 26.3. The molecule has 2 atom stereocenters. The van der Waals surface area contributed by atoms with E-state index in [-0.39, 0.29) is 5.56 Å². The zero-order valence-corrected chi connectivity index (χ0v) is 17.8. The van der Waals surface area contributed by atoms with Crippen LogP contribution < -0.4 is 5.56 Å². The minimum atomic E-state index is 0.258. The van der Waals surface area contributed by atoms with Crippen LogP contribution in [0.4, 0.5) is 0 Å². The molecule has 2 aromatic rings. The van der Waals surface area contributed by atoms with Crippen LogP contribution in [0.25, 0.3) is 0 Å². The van der Waals surface area contributed by atoms with Crippen molar-refractivity contribution in [3.63, 3.8) is 0 Å². The summed E-state index contributed by atoms with van der Waals surface area (Å²) < 4.78 is 2.11. The molecule has 2 fully saturated rings. The third-order valence-corrected chi connectivity index (χ3v) is 7.09. The van der Waals surface area contributed by atoms with Gasteiger partial charge >= 0.3 is 0 Å². The van der Waals surface area contributed by atoms with Crippen LogP contribution in [0.5, 0.6) is 0 Å². The lowest BCUT2D eigenvalue weighted by molar-refractivity contribution is 0.113. The highest BCUT2D eigenvalue weighted by Gasteiger charge is 2.35. The van der Waals surface area contributed by atoms with Crippen molar-refractivity contribution in [1.82, 2.24) is 24.3 Å². The zero-order valence-electron chi connectivity index (χ0n) is 17.8. The first kappa shape index (κ1) is 19.1. The number of pyridine rings is 1. The molecule has 156 valence electrons. The van der Waals surface area contributed by atoms with Crippen LogP contribution in [0.1, 0.15) is 60.6 Å². The Labute approximate surface area is 172 Å². The van der Waals surface area contributed by atoms with E-state index in [2.05, 4.69) is 45.3 Å². The molecule has 0 aliphatic carbocycles. The number of nitrogens with zero attached hydrogens (tertiary/aromatic N) is 4. The molecule has 6 heteroatoms. The van der Waals surface area contributed by atoms with Crippen molar-refractivity contribution >= 4 is 0 Å². The van der Waals surface area contributed by atoms with Crippen LogP contribution >= 0.6 is 0 Å². The first-order valence-electron chi connectivity index (χ1n) is 11.3. The number of piperidine rings is 1. The van der Waals surface area contributed by atoms with Gasteiger partial charge in [0.15, 0.2) is 0 Å². The Morgan fingerprint density at radius 3 is 2.69 bits per heavy atom. The standard InChI is InChI=1S/C23H33N5O/c1-3-22-24-16(2)20(25-22)15-27-11-17-10-19(14-27)21-7-6-18(23(29)28(21)12-17)13-26-8-4-5-9-26/h6-7,17,19H,3-5,8-15H2,1-2H3,(H,24,25)/t17-,19+/m0/s1. The van der Waals surface area contributed by atoms with Gasteiger partial charge in [0.05, 0.1) is 5.69 Å². The van der Waals surface area contributed by atoms with Gasteiger partial charge in [-0.15, -0.1) is 0 Å². The maximum absolute atomic E-state index is 13.2. The maximum atomic E-state index is 13.2. The van der Waals surface area contributed by atoms with Crippen molar-refractivity contribution in [2.45, 2.75) is 65.1 Å². The van der Waals surface area contributed by atoms with Crippen LogP contribution in [-0.2, 0) is 26.1 Å². The highest BCUT2D eigenvalue weighted by molar-refractivity contribution is 5.23. The van der Waals surface area contributed by atoms with Crippen molar-refractivity contribution < 1.29 is 0 Å². The lowest BCUT2D eigenvalue weighted by Gasteiger charge is -2.42. The van der Waals surface area contributed by atoms with E-state index in [1.54, 1.807) is 0 Å². The Kier molecular flexibility index (Phi) is 5.08. The number of aromatic nitrogens is 3. The SMILES string of the molecule is CCc1nc(CN2C[C@@H]3C[C@H](C2)c2ccc(CN4CCCC4)c(=O)n2C3)c(C)[nH]1. The number of nitrogens with one attached hydrogen (secondary N) is 1. The molecular formula is C23H33N5O. The summed E-state index contributed by atoms with van der Waals surface area (Å²) in [5.74, 6) is 2.10. The molecular weight excluding hydrogens is 362 g/mol. The molecule has 3 aliphatic rings. The second kappa shape index (κ2) is 7.73. The third kappa shape index (κ3) is 3.68. The van der Waals surface area contributed by atoms with E-state index in [0.29, 0.717) is 11.8 Å². The number of H-pyrrole nitrogens is 1. The summed E-state index contributed by atoms with van der Waals surface area (Å²) >= 11 is 0. The number of fused-ring (bicyclic) bond motifs is 4. The van der Waals surface area contributed by atoms with Crippen LogP contribution in [0.2, 0.25) is 0 Å². The first-order valence-corrected chi connectivity index (χ1v) is 11.3. The molecule has 0 aromatic carbocycles. The van der Waals surface area contributed by atoms with Crippen LogP contribution in [0.15, 0.2) is 16.9 Å². The first-order chi connectivity index (χ1) is 14.1. The number of imidazole rings is 1. The molecule has 0 saturated carbocycles. The molecule has 2 aromatic heterocycles. The van der Waals surface area contributed by atoms with Crippen molar-refractivity contribution in [1.29, 1.82) is 0 Å². The lowest BCUT2D eigenvalue weighted by Crippen LogP contribution is -2.47. The average Bonchev–Trinajstić information content (AvgIpc) is 3.34. The van der Waals surface area contributed by atoms with E-state index in [9.17, 15) is 4.79 Å². The van der Waals surface area contributed by atoms with Crippen LogP contribution in [0.3, 0.4) is 0 Å². The summed E-state index contributed by atoms with van der Waals surface area (Å²) in [6.07, 6.45) is 4.69. The van der Waals surface area contributed by atoms with Gasteiger partial charge in [0, 0.05) is 62.0 Å². The highest BCUT2D eigenvalue weighted by atomic mass is 16.1. The second-order valence-corrected chi connectivity index (χ2v) is 9.28. The molecule has 0 spiro atoms. The predicted octanol–water partition coefficient (Wildman–Crippen LogP) is 2.66. The molecule has 2 bridgehead atoms. The largest absolute Gasteiger partial charge is 0.346 e. The number of hydrogen-bond acceptors (Lipinski definition) is 4. The van der Waals surface area contributed by atoms with E-state index in [0.717, 1.165) is 63.6 Å². The van der Waals surface area contributed by atoms with Gasteiger partial charge in [0.1, 0.15) is 5.82 Å². The topological polar surface area (TPSA) is 57.2 Å². The van der Waals surface area contributed by atoms with Gasteiger partial charge < -0.3 is 9.55 Å². The quantitative estimate of drug-likeness (QED) is 0.846. The van der Waals surface area contributed by atoms with E-state index >= 15 is 0 Å². The Bertz CT molecular complexity index is 939.